The first-order valence-corrected chi connectivity index (χ1v) is 9.12. The Labute approximate surface area is 150 Å². The van der Waals surface area contributed by atoms with E-state index in [-0.39, 0.29) is 0 Å². The molecule has 0 saturated carbocycles. The third kappa shape index (κ3) is 4.73. The Bertz CT molecular complexity index is 660. The van der Waals surface area contributed by atoms with Crippen LogP contribution in [0.1, 0.15) is 30.5 Å². The maximum Gasteiger partial charge on any atom is 0.183 e. The molecule has 0 aliphatic carbocycles. The number of hydrogen-bond acceptors (Lipinski definition) is 4. The summed E-state index contributed by atoms with van der Waals surface area (Å²) in [4.78, 5) is 7.03. The molecule has 1 saturated heterocycles. The van der Waals surface area contributed by atoms with Crippen LogP contribution in [0, 0.1) is 5.92 Å². The predicted octanol–water partition coefficient (Wildman–Crippen LogP) is 3.94. The van der Waals surface area contributed by atoms with Gasteiger partial charge in [0.2, 0.25) is 0 Å². The summed E-state index contributed by atoms with van der Waals surface area (Å²) in [6.45, 7) is 3.08. The van der Waals surface area contributed by atoms with Crippen LogP contribution in [0.25, 0.3) is 0 Å². The number of likely N-dealkylation sites (tertiary alicyclic amines) is 1. The van der Waals surface area contributed by atoms with E-state index in [1.54, 1.807) is 20.4 Å². The minimum Gasteiger partial charge on any atom is -0.493 e. The standard InChI is InChI=1S/C21H28N2O2/c1-24-20-12-13-22-19(21(20)25-2)16-23-14-6-9-18(15-23)11-10-17-7-4-3-5-8-17/h3-5,7-8,12-13,18H,6,9-11,14-16H2,1-2H3. The van der Waals surface area contributed by atoms with Gasteiger partial charge in [-0.05, 0) is 43.7 Å². The molecule has 1 aromatic carbocycles. The fourth-order valence-electron chi connectivity index (χ4n) is 3.72. The second-order valence-electron chi connectivity index (χ2n) is 6.76. The Kier molecular flexibility index (Phi) is 6.29. The van der Waals surface area contributed by atoms with Crippen molar-refractivity contribution in [2.24, 2.45) is 5.92 Å². The molecule has 1 aliphatic rings. The lowest BCUT2D eigenvalue weighted by Gasteiger charge is -2.33. The third-order valence-corrected chi connectivity index (χ3v) is 5.03. The highest BCUT2D eigenvalue weighted by molar-refractivity contribution is 5.42. The fourth-order valence-corrected chi connectivity index (χ4v) is 3.72. The molecular formula is C21H28N2O2. The maximum atomic E-state index is 5.53. The van der Waals surface area contributed by atoms with E-state index in [4.69, 9.17) is 9.47 Å². The molecule has 0 radical (unpaired) electrons. The van der Waals surface area contributed by atoms with Crippen LogP contribution in [-0.2, 0) is 13.0 Å². The average Bonchev–Trinajstić information content (AvgIpc) is 2.67. The molecular weight excluding hydrogens is 312 g/mol. The van der Waals surface area contributed by atoms with Crippen molar-refractivity contribution in [3.8, 4) is 11.5 Å². The maximum absolute atomic E-state index is 5.53. The van der Waals surface area contributed by atoms with Crippen LogP contribution >= 0.6 is 0 Å². The van der Waals surface area contributed by atoms with E-state index in [0.29, 0.717) is 0 Å². The number of benzene rings is 1. The summed E-state index contributed by atoms with van der Waals surface area (Å²) in [6.07, 6.45) is 6.80. The van der Waals surface area contributed by atoms with Gasteiger partial charge in [-0.25, -0.2) is 0 Å². The minimum absolute atomic E-state index is 0.755. The highest BCUT2D eigenvalue weighted by Gasteiger charge is 2.22. The van der Waals surface area contributed by atoms with Crippen LogP contribution in [-0.4, -0.2) is 37.2 Å². The van der Waals surface area contributed by atoms with Gasteiger partial charge in [0.1, 0.15) is 5.69 Å². The molecule has 1 aromatic heterocycles. The van der Waals surface area contributed by atoms with Gasteiger partial charge in [-0.2, -0.15) is 0 Å². The molecule has 2 aromatic rings. The lowest BCUT2D eigenvalue weighted by Crippen LogP contribution is -2.35. The van der Waals surface area contributed by atoms with Crippen molar-refractivity contribution in [2.75, 3.05) is 27.3 Å². The summed E-state index contributed by atoms with van der Waals surface area (Å²) in [5.41, 5.74) is 2.40. The van der Waals surface area contributed by atoms with E-state index in [2.05, 4.69) is 40.2 Å². The van der Waals surface area contributed by atoms with Gasteiger partial charge >= 0.3 is 0 Å². The third-order valence-electron chi connectivity index (χ3n) is 5.03. The van der Waals surface area contributed by atoms with Crippen molar-refractivity contribution in [3.05, 3.63) is 53.9 Å². The second-order valence-corrected chi connectivity index (χ2v) is 6.76. The van der Waals surface area contributed by atoms with Gasteiger partial charge in [0.25, 0.3) is 0 Å². The van der Waals surface area contributed by atoms with Crippen LogP contribution in [0.5, 0.6) is 11.5 Å². The smallest absolute Gasteiger partial charge is 0.183 e. The molecule has 1 fully saturated rings. The van der Waals surface area contributed by atoms with E-state index >= 15 is 0 Å². The highest BCUT2D eigenvalue weighted by Crippen LogP contribution is 2.31. The fraction of sp³-hybridized carbons (Fsp3) is 0.476. The molecule has 0 amide bonds. The van der Waals surface area contributed by atoms with Crippen molar-refractivity contribution in [1.82, 2.24) is 9.88 Å². The average molecular weight is 340 g/mol. The Hall–Kier alpha value is -2.07. The molecule has 0 N–H and O–H groups in total. The molecule has 3 rings (SSSR count). The largest absolute Gasteiger partial charge is 0.493 e. The number of aryl methyl sites for hydroxylation is 1. The van der Waals surface area contributed by atoms with E-state index < -0.39 is 0 Å². The summed E-state index contributed by atoms with van der Waals surface area (Å²) in [7, 11) is 3.35. The van der Waals surface area contributed by atoms with Crippen molar-refractivity contribution in [3.63, 3.8) is 0 Å². The number of pyridine rings is 1. The summed E-state index contributed by atoms with van der Waals surface area (Å²) in [5, 5.41) is 0. The van der Waals surface area contributed by atoms with Crippen LogP contribution in [0.3, 0.4) is 0 Å². The van der Waals surface area contributed by atoms with Crippen molar-refractivity contribution >= 4 is 0 Å². The van der Waals surface area contributed by atoms with E-state index in [1.807, 2.05) is 6.07 Å². The topological polar surface area (TPSA) is 34.6 Å². The van der Waals surface area contributed by atoms with Crippen molar-refractivity contribution < 1.29 is 9.47 Å². The first kappa shape index (κ1) is 17.7. The zero-order valence-corrected chi connectivity index (χ0v) is 15.3. The number of rotatable bonds is 7. The molecule has 4 heteroatoms. The molecule has 134 valence electrons. The van der Waals surface area contributed by atoms with Gasteiger partial charge in [0.05, 0.1) is 14.2 Å². The van der Waals surface area contributed by atoms with Gasteiger partial charge in [-0.1, -0.05) is 30.3 Å². The van der Waals surface area contributed by atoms with Crippen LogP contribution < -0.4 is 9.47 Å². The lowest BCUT2D eigenvalue weighted by atomic mass is 9.91. The molecule has 1 aliphatic heterocycles. The van der Waals surface area contributed by atoms with Crippen LogP contribution in [0.2, 0.25) is 0 Å². The summed E-state index contributed by atoms with van der Waals surface area (Å²) >= 11 is 0. The quantitative estimate of drug-likeness (QED) is 0.764. The van der Waals surface area contributed by atoms with Crippen LogP contribution in [0.15, 0.2) is 42.6 Å². The van der Waals surface area contributed by atoms with E-state index in [1.165, 1.54) is 31.2 Å². The molecule has 0 spiro atoms. The second kappa shape index (κ2) is 8.86. The Balaban J connectivity index is 1.58. The summed E-state index contributed by atoms with van der Waals surface area (Å²) in [5.74, 6) is 2.27. The number of ether oxygens (including phenoxy) is 2. The molecule has 1 unspecified atom stereocenters. The number of piperidine rings is 1. The number of nitrogens with zero attached hydrogens (tertiary/aromatic N) is 2. The number of hydrogen-bond donors (Lipinski definition) is 0. The van der Waals surface area contributed by atoms with Crippen molar-refractivity contribution in [1.29, 1.82) is 0 Å². The van der Waals surface area contributed by atoms with Gasteiger partial charge < -0.3 is 9.47 Å². The lowest BCUT2D eigenvalue weighted by molar-refractivity contribution is 0.158. The Morgan fingerprint density at radius 2 is 1.96 bits per heavy atom. The summed E-state index contributed by atoms with van der Waals surface area (Å²) < 4.78 is 10.9. The molecule has 2 heterocycles. The first-order valence-electron chi connectivity index (χ1n) is 9.12. The number of aromatic nitrogens is 1. The predicted molar refractivity (Wildman–Crippen MR) is 100 cm³/mol. The monoisotopic (exact) mass is 340 g/mol. The van der Waals surface area contributed by atoms with Gasteiger partial charge in [0.15, 0.2) is 11.5 Å². The number of methoxy groups -OCH3 is 2. The van der Waals surface area contributed by atoms with Gasteiger partial charge in [-0.3, -0.25) is 9.88 Å². The van der Waals surface area contributed by atoms with Gasteiger partial charge in [0, 0.05) is 25.4 Å². The Morgan fingerprint density at radius 1 is 1.12 bits per heavy atom. The molecule has 1 atom stereocenters. The molecule has 4 nitrogen and oxygen atoms in total. The zero-order chi connectivity index (χ0) is 17.5. The normalized spacial score (nSPS) is 18.1. The van der Waals surface area contributed by atoms with Crippen molar-refractivity contribution in [2.45, 2.75) is 32.2 Å². The highest BCUT2D eigenvalue weighted by atomic mass is 16.5. The molecule has 25 heavy (non-hydrogen) atoms. The van der Waals surface area contributed by atoms with E-state index in [0.717, 1.165) is 42.7 Å². The summed E-state index contributed by atoms with van der Waals surface area (Å²) in [6, 6.07) is 12.6. The molecule has 0 bridgehead atoms. The van der Waals surface area contributed by atoms with E-state index in [9.17, 15) is 0 Å². The zero-order valence-electron chi connectivity index (χ0n) is 15.3. The van der Waals surface area contributed by atoms with Crippen LogP contribution in [0.4, 0.5) is 0 Å². The SMILES string of the molecule is COc1ccnc(CN2CCCC(CCc3ccccc3)C2)c1OC. The van der Waals surface area contributed by atoms with Gasteiger partial charge in [-0.15, -0.1) is 0 Å². The minimum atomic E-state index is 0.755. The Morgan fingerprint density at radius 3 is 2.72 bits per heavy atom. The first-order chi connectivity index (χ1) is 12.3.